The van der Waals surface area contributed by atoms with Gasteiger partial charge in [0.2, 0.25) is 0 Å². The summed E-state index contributed by atoms with van der Waals surface area (Å²) in [5.74, 6) is -0.949. The number of hydrogen-bond donors (Lipinski definition) is 0. The van der Waals surface area contributed by atoms with E-state index in [1.807, 2.05) is 6.07 Å². The summed E-state index contributed by atoms with van der Waals surface area (Å²) in [6.07, 6.45) is 2.02. The molecule has 1 aromatic carbocycles. The van der Waals surface area contributed by atoms with Crippen molar-refractivity contribution in [3.8, 4) is 5.75 Å². The van der Waals surface area contributed by atoms with Gasteiger partial charge in [-0.3, -0.25) is 9.59 Å². The number of para-hydroxylation sites is 1. The third-order valence-electron chi connectivity index (χ3n) is 3.32. The standard InChI is InChI=1S/C15H16O4/c1-3-6-10(15(17)18-2)12-9-19-13-8-5-4-7-11(13)14(12)16/h3-5,7-8,10,12H,1,6,9H2,2H3/t10-,12-/m1/s1. The molecule has 1 aliphatic heterocycles. The molecule has 0 saturated carbocycles. The molecule has 0 unspecified atom stereocenters. The molecule has 4 nitrogen and oxygen atoms in total. The van der Waals surface area contributed by atoms with Gasteiger partial charge in [-0.05, 0) is 18.6 Å². The van der Waals surface area contributed by atoms with E-state index in [2.05, 4.69) is 6.58 Å². The molecular formula is C15H16O4. The molecule has 0 radical (unpaired) electrons. The first-order valence-corrected chi connectivity index (χ1v) is 6.13. The predicted molar refractivity (Wildman–Crippen MR) is 70.1 cm³/mol. The summed E-state index contributed by atoms with van der Waals surface area (Å²) in [5.41, 5.74) is 0.525. The average Bonchev–Trinajstić information content (AvgIpc) is 2.45. The molecule has 0 bridgehead atoms. The maximum atomic E-state index is 12.4. The first-order chi connectivity index (χ1) is 9.19. The van der Waals surface area contributed by atoms with Gasteiger partial charge in [0.15, 0.2) is 5.78 Å². The van der Waals surface area contributed by atoms with Crippen molar-refractivity contribution in [2.24, 2.45) is 11.8 Å². The lowest BCUT2D eigenvalue weighted by atomic mass is 9.82. The molecule has 2 atom stereocenters. The molecule has 0 spiro atoms. The number of carbonyl (C=O) groups is 2. The molecule has 1 aromatic rings. The second-order valence-corrected chi connectivity index (χ2v) is 4.43. The Morgan fingerprint density at radius 2 is 2.32 bits per heavy atom. The highest BCUT2D eigenvalue weighted by molar-refractivity contribution is 6.03. The third-order valence-corrected chi connectivity index (χ3v) is 3.32. The lowest BCUT2D eigenvalue weighted by Crippen LogP contribution is -2.37. The molecule has 0 aliphatic carbocycles. The smallest absolute Gasteiger partial charge is 0.309 e. The number of benzene rings is 1. The largest absolute Gasteiger partial charge is 0.492 e. The van der Waals surface area contributed by atoms with Crippen LogP contribution in [0, 0.1) is 11.8 Å². The molecule has 1 heterocycles. The summed E-state index contributed by atoms with van der Waals surface area (Å²) < 4.78 is 10.3. The quantitative estimate of drug-likeness (QED) is 0.615. The van der Waals surface area contributed by atoms with Crippen LogP contribution in [0.15, 0.2) is 36.9 Å². The Morgan fingerprint density at radius 1 is 1.58 bits per heavy atom. The average molecular weight is 260 g/mol. The lowest BCUT2D eigenvalue weighted by molar-refractivity contribution is -0.147. The highest BCUT2D eigenvalue weighted by Gasteiger charge is 2.38. The van der Waals surface area contributed by atoms with Gasteiger partial charge in [0, 0.05) is 0 Å². The lowest BCUT2D eigenvalue weighted by Gasteiger charge is -2.28. The molecule has 0 aromatic heterocycles. The first-order valence-electron chi connectivity index (χ1n) is 6.13. The van der Waals surface area contributed by atoms with Crippen LogP contribution in [-0.2, 0) is 9.53 Å². The fraction of sp³-hybridized carbons (Fsp3) is 0.333. The molecule has 1 aliphatic rings. The molecule has 0 fully saturated rings. The van der Waals surface area contributed by atoms with Gasteiger partial charge >= 0.3 is 5.97 Å². The second kappa shape index (κ2) is 5.69. The maximum Gasteiger partial charge on any atom is 0.309 e. The van der Waals surface area contributed by atoms with Gasteiger partial charge in [0.1, 0.15) is 5.75 Å². The van der Waals surface area contributed by atoms with Crippen molar-refractivity contribution in [1.82, 2.24) is 0 Å². The van der Waals surface area contributed by atoms with Gasteiger partial charge in [-0.1, -0.05) is 18.2 Å². The number of esters is 1. The Kier molecular flexibility index (Phi) is 4.00. The number of ether oxygens (including phenoxy) is 2. The van der Waals surface area contributed by atoms with Crippen LogP contribution in [0.3, 0.4) is 0 Å². The normalized spacial score (nSPS) is 19.0. The summed E-state index contributed by atoms with van der Waals surface area (Å²) in [4.78, 5) is 24.2. The van der Waals surface area contributed by atoms with Crippen molar-refractivity contribution in [1.29, 1.82) is 0 Å². The molecule has 0 saturated heterocycles. The van der Waals surface area contributed by atoms with E-state index in [4.69, 9.17) is 9.47 Å². The van der Waals surface area contributed by atoms with Gasteiger partial charge in [-0.2, -0.15) is 0 Å². The Morgan fingerprint density at radius 3 is 3.00 bits per heavy atom. The Labute approximate surface area is 112 Å². The zero-order valence-corrected chi connectivity index (χ0v) is 10.8. The highest BCUT2D eigenvalue weighted by Crippen LogP contribution is 2.32. The zero-order valence-electron chi connectivity index (χ0n) is 10.8. The van der Waals surface area contributed by atoms with Crippen LogP contribution in [0.2, 0.25) is 0 Å². The number of carbonyl (C=O) groups excluding carboxylic acids is 2. The topological polar surface area (TPSA) is 52.6 Å². The van der Waals surface area contributed by atoms with E-state index in [1.54, 1.807) is 24.3 Å². The van der Waals surface area contributed by atoms with Crippen LogP contribution in [-0.4, -0.2) is 25.5 Å². The summed E-state index contributed by atoms with van der Waals surface area (Å²) in [7, 11) is 1.32. The Bertz CT molecular complexity index is 507. The van der Waals surface area contributed by atoms with Crippen molar-refractivity contribution in [3.63, 3.8) is 0 Å². The van der Waals surface area contributed by atoms with Crippen LogP contribution in [0.1, 0.15) is 16.8 Å². The molecule has 19 heavy (non-hydrogen) atoms. The van der Waals surface area contributed by atoms with Gasteiger partial charge in [-0.15, -0.1) is 6.58 Å². The first kappa shape index (κ1) is 13.3. The summed E-state index contributed by atoms with van der Waals surface area (Å²) >= 11 is 0. The second-order valence-electron chi connectivity index (χ2n) is 4.43. The van der Waals surface area contributed by atoms with Crippen molar-refractivity contribution >= 4 is 11.8 Å². The fourth-order valence-corrected chi connectivity index (χ4v) is 2.31. The number of Topliss-reactive ketones (excluding diaryl/α,β-unsaturated/α-hetero) is 1. The van der Waals surface area contributed by atoms with Crippen molar-refractivity contribution in [2.75, 3.05) is 13.7 Å². The van der Waals surface area contributed by atoms with Gasteiger partial charge < -0.3 is 9.47 Å². The van der Waals surface area contributed by atoms with E-state index in [0.717, 1.165) is 0 Å². The Balaban J connectivity index is 2.29. The van der Waals surface area contributed by atoms with E-state index in [9.17, 15) is 9.59 Å². The number of rotatable bonds is 4. The minimum Gasteiger partial charge on any atom is -0.492 e. The molecule has 2 rings (SSSR count). The van der Waals surface area contributed by atoms with E-state index < -0.39 is 17.8 Å². The van der Waals surface area contributed by atoms with Crippen LogP contribution in [0.5, 0.6) is 5.75 Å². The fourth-order valence-electron chi connectivity index (χ4n) is 2.31. The predicted octanol–water partition coefficient (Wildman–Crippen LogP) is 2.24. The number of fused-ring (bicyclic) bond motifs is 1. The minimum atomic E-state index is -0.539. The van der Waals surface area contributed by atoms with Crippen LogP contribution in [0.25, 0.3) is 0 Å². The van der Waals surface area contributed by atoms with Crippen molar-refractivity contribution < 1.29 is 19.1 Å². The molecule has 0 N–H and O–H groups in total. The maximum absolute atomic E-state index is 12.4. The number of ketones is 1. The molecule has 4 heteroatoms. The SMILES string of the molecule is C=CC[C@@H](C(=O)OC)[C@H]1COc2ccccc2C1=O. The third kappa shape index (κ3) is 2.52. The monoisotopic (exact) mass is 260 g/mol. The van der Waals surface area contributed by atoms with Crippen molar-refractivity contribution in [2.45, 2.75) is 6.42 Å². The summed E-state index contributed by atoms with van der Waals surface area (Å²) in [6, 6.07) is 7.06. The number of allylic oxidation sites excluding steroid dienone is 1. The zero-order chi connectivity index (χ0) is 13.8. The molecular weight excluding hydrogens is 244 g/mol. The minimum absolute atomic E-state index is 0.0703. The van der Waals surface area contributed by atoms with Crippen molar-refractivity contribution in [3.05, 3.63) is 42.5 Å². The highest BCUT2D eigenvalue weighted by atomic mass is 16.5. The van der Waals surface area contributed by atoms with E-state index in [-0.39, 0.29) is 12.4 Å². The van der Waals surface area contributed by atoms with Gasteiger partial charge in [0.05, 0.1) is 31.1 Å². The van der Waals surface area contributed by atoms with Crippen LogP contribution in [0.4, 0.5) is 0 Å². The number of methoxy groups -OCH3 is 1. The molecule has 100 valence electrons. The summed E-state index contributed by atoms with van der Waals surface area (Å²) in [5, 5.41) is 0. The van der Waals surface area contributed by atoms with Gasteiger partial charge in [0.25, 0.3) is 0 Å². The Hall–Kier alpha value is -2.10. The van der Waals surface area contributed by atoms with E-state index in [1.165, 1.54) is 7.11 Å². The number of hydrogen-bond acceptors (Lipinski definition) is 4. The van der Waals surface area contributed by atoms with E-state index in [0.29, 0.717) is 17.7 Å². The van der Waals surface area contributed by atoms with Crippen LogP contribution < -0.4 is 4.74 Å². The van der Waals surface area contributed by atoms with E-state index >= 15 is 0 Å². The van der Waals surface area contributed by atoms with Crippen LogP contribution >= 0.6 is 0 Å². The molecule has 0 amide bonds. The summed E-state index contributed by atoms with van der Waals surface area (Å²) in [6.45, 7) is 3.82. The van der Waals surface area contributed by atoms with Gasteiger partial charge in [-0.25, -0.2) is 0 Å².